The Kier molecular flexibility index (Phi) is 10.4. The van der Waals surface area contributed by atoms with Gasteiger partial charge in [-0.3, -0.25) is 4.79 Å². The van der Waals surface area contributed by atoms with Crippen LogP contribution in [0.15, 0.2) is 18.2 Å². The van der Waals surface area contributed by atoms with Crippen molar-refractivity contribution in [3.63, 3.8) is 0 Å². The Morgan fingerprint density at radius 1 is 1.18 bits per heavy atom. The topological polar surface area (TPSA) is 73.6 Å². The van der Waals surface area contributed by atoms with Gasteiger partial charge in [-0.1, -0.05) is 13.0 Å². The summed E-state index contributed by atoms with van der Waals surface area (Å²) in [6, 6.07) is 5.42. The van der Waals surface area contributed by atoms with Gasteiger partial charge in [0, 0.05) is 6.54 Å². The van der Waals surface area contributed by atoms with Crippen LogP contribution in [0.1, 0.15) is 32.8 Å². The highest BCUT2D eigenvalue weighted by molar-refractivity contribution is 5.85. The molecule has 0 aliphatic rings. The summed E-state index contributed by atoms with van der Waals surface area (Å²) in [7, 11) is 0. The van der Waals surface area contributed by atoms with Gasteiger partial charge in [-0.2, -0.15) is 0 Å². The summed E-state index contributed by atoms with van der Waals surface area (Å²) < 4.78 is 11.1. The molecule has 0 heterocycles. The van der Waals surface area contributed by atoms with Crippen molar-refractivity contribution < 1.29 is 14.3 Å². The van der Waals surface area contributed by atoms with Crippen molar-refractivity contribution in [2.45, 2.75) is 39.7 Å². The first-order chi connectivity index (χ1) is 10.1. The molecule has 5 nitrogen and oxygen atoms in total. The summed E-state index contributed by atoms with van der Waals surface area (Å²) >= 11 is 0. The van der Waals surface area contributed by atoms with Crippen molar-refractivity contribution in [1.29, 1.82) is 0 Å². The number of nitrogens with one attached hydrogen (secondary N) is 1. The van der Waals surface area contributed by atoms with Gasteiger partial charge >= 0.3 is 0 Å². The highest BCUT2D eigenvalue weighted by Gasteiger charge is 2.10. The molecule has 6 heteroatoms. The molecule has 126 valence electrons. The number of nitrogens with two attached hydrogens (primary N) is 1. The molecular weight excluding hydrogens is 304 g/mol. The second-order valence-electron chi connectivity index (χ2n) is 4.70. The highest BCUT2D eigenvalue weighted by Crippen LogP contribution is 2.28. The lowest BCUT2D eigenvalue weighted by molar-refractivity contribution is -0.122. The fourth-order valence-electron chi connectivity index (χ4n) is 1.90. The summed E-state index contributed by atoms with van der Waals surface area (Å²) in [4.78, 5) is 11.6. The lowest BCUT2D eigenvalue weighted by Crippen LogP contribution is -2.40. The molecule has 0 aliphatic heterocycles. The zero-order valence-corrected chi connectivity index (χ0v) is 14.4. The van der Waals surface area contributed by atoms with Gasteiger partial charge in [-0.15, -0.1) is 12.4 Å². The number of amides is 1. The van der Waals surface area contributed by atoms with Crippen LogP contribution in [0, 0.1) is 0 Å². The van der Waals surface area contributed by atoms with Gasteiger partial charge in [-0.05, 0) is 44.4 Å². The van der Waals surface area contributed by atoms with E-state index in [1.54, 1.807) is 0 Å². The standard InChI is InChI=1S/C16H26N2O3.ClH/c1-4-13(17)16(19)18-10-9-12-7-8-14(20-5-2)15(11-12)21-6-3;/h7-8,11,13H,4-6,9-10,17H2,1-3H3,(H,18,19);1H/t13-;/m0./s1. The Morgan fingerprint density at radius 3 is 2.41 bits per heavy atom. The number of benzene rings is 1. The molecule has 1 amide bonds. The van der Waals surface area contributed by atoms with E-state index in [1.165, 1.54) is 0 Å². The summed E-state index contributed by atoms with van der Waals surface area (Å²) in [5.41, 5.74) is 6.75. The molecule has 0 radical (unpaired) electrons. The summed E-state index contributed by atoms with van der Waals surface area (Å²) in [5, 5.41) is 2.84. The molecule has 0 aliphatic carbocycles. The van der Waals surface area contributed by atoms with Crippen molar-refractivity contribution in [3.8, 4) is 11.5 Å². The zero-order chi connectivity index (χ0) is 15.7. The SMILES string of the molecule is CCOc1ccc(CCNC(=O)[C@@H](N)CC)cc1OCC.Cl. The average Bonchev–Trinajstić information content (AvgIpc) is 2.49. The first kappa shape index (κ1) is 20.5. The van der Waals surface area contributed by atoms with Gasteiger partial charge in [0.15, 0.2) is 11.5 Å². The van der Waals surface area contributed by atoms with E-state index in [-0.39, 0.29) is 18.3 Å². The lowest BCUT2D eigenvalue weighted by atomic mass is 10.1. The summed E-state index contributed by atoms with van der Waals surface area (Å²) in [6.45, 7) is 7.53. The minimum absolute atomic E-state index is 0. The number of carbonyl (C=O) groups excluding carboxylic acids is 1. The fraction of sp³-hybridized carbons (Fsp3) is 0.562. The van der Waals surface area contributed by atoms with E-state index in [1.807, 2.05) is 39.0 Å². The van der Waals surface area contributed by atoms with Crippen LogP contribution in [0.4, 0.5) is 0 Å². The molecule has 0 fully saturated rings. The molecule has 0 bridgehead atoms. The Hall–Kier alpha value is -1.46. The number of rotatable bonds is 9. The van der Waals surface area contributed by atoms with Crippen molar-refractivity contribution in [2.24, 2.45) is 5.73 Å². The van der Waals surface area contributed by atoms with E-state index in [2.05, 4.69) is 5.32 Å². The van der Waals surface area contributed by atoms with Gasteiger partial charge in [0.05, 0.1) is 19.3 Å². The smallest absolute Gasteiger partial charge is 0.236 e. The Balaban J connectivity index is 0.00000441. The normalized spacial score (nSPS) is 11.3. The van der Waals surface area contributed by atoms with Crippen LogP contribution < -0.4 is 20.5 Å². The van der Waals surface area contributed by atoms with Crippen molar-refractivity contribution in [1.82, 2.24) is 5.32 Å². The van der Waals surface area contributed by atoms with E-state index in [4.69, 9.17) is 15.2 Å². The van der Waals surface area contributed by atoms with E-state index >= 15 is 0 Å². The Bertz CT molecular complexity index is 455. The fourth-order valence-corrected chi connectivity index (χ4v) is 1.90. The lowest BCUT2D eigenvalue weighted by Gasteiger charge is -2.13. The highest BCUT2D eigenvalue weighted by atomic mass is 35.5. The predicted octanol–water partition coefficient (Wildman–Crippen LogP) is 2.30. The summed E-state index contributed by atoms with van der Waals surface area (Å²) in [6.07, 6.45) is 1.37. The third-order valence-electron chi connectivity index (χ3n) is 3.10. The number of ether oxygens (including phenoxy) is 2. The molecule has 0 saturated heterocycles. The molecule has 3 N–H and O–H groups in total. The first-order valence-electron chi connectivity index (χ1n) is 7.54. The molecule has 1 rings (SSSR count). The van der Waals surface area contributed by atoms with Gasteiger partial charge in [-0.25, -0.2) is 0 Å². The molecule has 0 spiro atoms. The molecule has 1 atom stereocenters. The molecule has 1 aromatic carbocycles. The van der Waals surface area contributed by atoms with Gasteiger partial charge in [0.2, 0.25) is 5.91 Å². The van der Waals surface area contributed by atoms with Crippen LogP contribution >= 0.6 is 12.4 Å². The predicted molar refractivity (Wildman–Crippen MR) is 91.0 cm³/mol. The van der Waals surface area contributed by atoms with Crippen molar-refractivity contribution in [3.05, 3.63) is 23.8 Å². The largest absolute Gasteiger partial charge is 0.490 e. The summed E-state index contributed by atoms with van der Waals surface area (Å²) in [5.74, 6) is 1.39. The third kappa shape index (κ3) is 6.54. The molecule has 0 aromatic heterocycles. The molecular formula is C16H27ClN2O3. The molecule has 0 unspecified atom stereocenters. The monoisotopic (exact) mass is 330 g/mol. The van der Waals surface area contributed by atoms with Crippen LogP contribution in [0.3, 0.4) is 0 Å². The van der Waals surface area contributed by atoms with Crippen molar-refractivity contribution >= 4 is 18.3 Å². The third-order valence-corrected chi connectivity index (χ3v) is 3.10. The second-order valence-corrected chi connectivity index (χ2v) is 4.70. The van der Waals surface area contributed by atoms with E-state index in [0.29, 0.717) is 26.2 Å². The Morgan fingerprint density at radius 2 is 1.82 bits per heavy atom. The van der Waals surface area contributed by atoms with Crippen LogP contribution in [0.25, 0.3) is 0 Å². The molecule has 22 heavy (non-hydrogen) atoms. The van der Waals surface area contributed by atoms with Crippen LogP contribution in [-0.2, 0) is 11.2 Å². The van der Waals surface area contributed by atoms with E-state index in [9.17, 15) is 4.79 Å². The van der Waals surface area contributed by atoms with Gasteiger partial charge in [0.1, 0.15) is 0 Å². The van der Waals surface area contributed by atoms with Gasteiger partial charge in [0.25, 0.3) is 0 Å². The Labute approximate surface area is 139 Å². The van der Waals surface area contributed by atoms with E-state index in [0.717, 1.165) is 23.5 Å². The average molecular weight is 331 g/mol. The van der Waals surface area contributed by atoms with Gasteiger partial charge < -0.3 is 20.5 Å². The van der Waals surface area contributed by atoms with E-state index < -0.39 is 6.04 Å². The van der Waals surface area contributed by atoms with Crippen LogP contribution in [0.2, 0.25) is 0 Å². The molecule has 0 saturated carbocycles. The van der Waals surface area contributed by atoms with Crippen molar-refractivity contribution in [2.75, 3.05) is 19.8 Å². The number of hydrogen-bond donors (Lipinski definition) is 2. The minimum Gasteiger partial charge on any atom is -0.490 e. The van der Waals surface area contributed by atoms with Crippen LogP contribution in [0.5, 0.6) is 11.5 Å². The first-order valence-corrected chi connectivity index (χ1v) is 7.54. The number of hydrogen-bond acceptors (Lipinski definition) is 4. The zero-order valence-electron chi connectivity index (χ0n) is 13.6. The maximum atomic E-state index is 11.6. The minimum atomic E-state index is -0.427. The number of carbonyl (C=O) groups is 1. The quantitative estimate of drug-likeness (QED) is 0.728. The number of halogens is 1. The molecule has 1 aromatic rings. The second kappa shape index (κ2) is 11.2. The maximum Gasteiger partial charge on any atom is 0.236 e. The van der Waals surface area contributed by atoms with Crippen LogP contribution in [-0.4, -0.2) is 31.7 Å². The maximum absolute atomic E-state index is 11.6.